The van der Waals surface area contributed by atoms with Gasteiger partial charge in [-0.3, -0.25) is 0 Å². The summed E-state index contributed by atoms with van der Waals surface area (Å²) in [6, 6.07) is 0.471. The highest BCUT2D eigenvalue weighted by Crippen LogP contribution is 2.33. The molecule has 1 aliphatic carbocycles. The zero-order valence-corrected chi connectivity index (χ0v) is 13.6. The lowest BCUT2D eigenvalue weighted by atomic mass is 9.84. The summed E-state index contributed by atoms with van der Waals surface area (Å²) in [5, 5.41) is 7.80. The van der Waals surface area contributed by atoms with E-state index in [1.54, 1.807) is 7.11 Å². The van der Waals surface area contributed by atoms with E-state index in [-0.39, 0.29) is 6.10 Å². The van der Waals surface area contributed by atoms with Crippen LogP contribution in [0, 0.1) is 0 Å². The van der Waals surface area contributed by atoms with E-state index in [0.717, 1.165) is 38.1 Å². The second kappa shape index (κ2) is 8.49. The Hall–Kier alpha value is -0.940. The zero-order chi connectivity index (χ0) is 15.1. The molecule has 0 spiro atoms. The molecule has 0 amide bonds. The van der Waals surface area contributed by atoms with Crippen molar-refractivity contribution >= 4 is 0 Å². The maximum absolute atomic E-state index is 5.56. The number of hydrogen-bond donors (Lipinski definition) is 1. The minimum atomic E-state index is -0.0434. The fraction of sp³-hybridized carbons (Fsp3) is 0.875. The lowest BCUT2D eigenvalue weighted by Gasteiger charge is -2.29. The second-order valence-corrected chi connectivity index (χ2v) is 5.96. The number of ether oxygens (including phenoxy) is 1. The van der Waals surface area contributed by atoms with Crippen molar-refractivity contribution in [2.24, 2.45) is 0 Å². The van der Waals surface area contributed by atoms with Crippen LogP contribution in [0.1, 0.15) is 82.5 Å². The number of methoxy groups -OCH3 is 1. The van der Waals surface area contributed by atoms with Crippen LogP contribution in [-0.4, -0.2) is 29.8 Å². The van der Waals surface area contributed by atoms with Gasteiger partial charge in [0, 0.05) is 13.2 Å². The van der Waals surface area contributed by atoms with Crippen molar-refractivity contribution in [3.63, 3.8) is 0 Å². The first-order valence-electron chi connectivity index (χ1n) is 8.39. The highest BCUT2D eigenvalue weighted by Gasteiger charge is 2.31. The van der Waals surface area contributed by atoms with Gasteiger partial charge in [0.05, 0.1) is 5.92 Å². The SMILES string of the molecule is CCCNC1CCCCC1c1nc(C(CCC)OC)no1. The van der Waals surface area contributed by atoms with E-state index in [0.29, 0.717) is 17.8 Å². The molecule has 0 aromatic carbocycles. The van der Waals surface area contributed by atoms with Crippen LogP contribution in [0.5, 0.6) is 0 Å². The molecule has 0 bridgehead atoms. The molecule has 1 saturated carbocycles. The van der Waals surface area contributed by atoms with E-state index in [9.17, 15) is 0 Å². The summed E-state index contributed by atoms with van der Waals surface area (Å²) in [4.78, 5) is 4.64. The largest absolute Gasteiger partial charge is 0.373 e. The molecular formula is C16H29N3O2. The third-order valence-corrected chi connectivity index (χ3v) is 4.32. The maximum Gasteiger partial charge on any atom is 0.231 e. The topological polar surface area (TPSA) is 60.2 Å². The van der Waals surface area contributed by atoms with Crippen LogP contribution in [0.4, 0.5) is 0 Å². The van der Waals surface area contributed by atoms with Crippen molar-refractivity contribution in [2.75, 3.05) is 13.7 Å². The Bertz CT molecular complexity index is 408. The molecule has 5 nitrogen and oxygen atoms in total. The van der Waals surface area contributed by atoms with Gasteiger partial charge in [-0.2, -0.15) is 4.98 Å². The Morgan fingerprint density at radius 2 is 2.10 bits per heavy atom. The van der Waals surface area contributed by atoms with Crippen LogP contribution in [0.25, 0.3) is 0 Å². The molecule has 3 unspecified atom stereocenters. The first-order chi connectivity index (χ1) is 10.3. The van der Waals surface area contributed by atoms with Gasteiger partial charge < -0.3 is 14.6 Å². The molecule has 0 radical (unpaired) electrons. The number of nitrogens with zero attached hydrogens (tertiary/aromatic N) is 2. The highest BCUT2D eigenvalue weighted by molar-refractivity contribution is 5.02. The number of rotatable bonds is 8. The minimum Gasteiger partial charge on any atom is -0.373 e. The Morgan fingerprint density at radius 3 is 2.81 bits per heavy atom. The number of hydrogen-bond acceptors (Lipinski definition) is 5. The predicted octanol–water partition coefficient (Wildman–Crippen LogP) is 3.58. The molecular weight excluding hydrogens is 266 g/mol. The number of nitrogens with one attached hydrogen (secondary N) is 1. The Morgan fingerprint density at radius 1 is 1.29 bits per heavy atom. The average Bonchev–Trinajstić information content (AvgIpc) is 3.00. The van der Waals surface area contributed by atoms with Crippen molar-refractivity contribution in [1.29, 1.82) is 0 Å². The minimum absolute atomic E-state index is 0.0434. The number of aromatic nitrogens is 2. The summed E-state index contributed by atoms with van der Waals surface area (Å²) < 4.78 is 11.0. The van der Waals surface area contributed by atoms with Gasteiger partial charge in [-0.05, 0) is 32.2 Å². The maximum atomic E-state index is 5.56. The lowest BCUT2D eigenvalue weighted by molar-refractivity contribution is 0.0854. The Kier molecular flexibility index (Phi) is 6.64. The van der Waals surface area contributed by atoms with E-state index in [1.807, 2.05) is 0 Å². The molecule has 1 aromatic rings. The second-order valence-electron chi connectivity index (χ2n) is 5.96. The summed E-state index contributed by atoms with van der Waals surface area (Å²) in [5.41, 5.74) is 0. The van der Waals surface area contributed by atoms with Crippen molar-refractivity contribution in [2.45, 2.75) is 76.9 Å². The monoisotopic (exact) mass is 295 g/mol. The normalized spacial score (nSPS) is 24.1. The fourth-order valence-electron chi connectivity index (χ4n) is 3.14. The van der Waals surface area contributed by atoms with Gasteiger partial charge in [0.15, 0.2) is 0 Å². The average molecular weight is 295 g/mol. The summed E-state index contributed by atoms with van der Waals surface area (Å²) in [6.07, 6.45) is 7.95. The van der Waals surface area contributed by atoms with Crippen molar-refractivity contribution in [3.8, 4) is 0 Å². The molecule has 2 rings (SSSR count). The molecule has 0 saturated heterocycles. The lowest BCUT2D eigenvalue weighted by Crippen LogP contribution is -2.37. The van der Waals surface area contributed by atoms with Crippen molar-refractivity contribution in [3.05, 3.63) is 11.7 Å². The third kappa shape index (κ3) is 4.27. The molecule has 1 aromatic heterocycles. The summed E-state index contributed by atoms with van der Waals surface area (Å²) in [7, 11) is 1.71. The first-order valence-corrected chi connectivity index (χ1v) is 8.39. The summed E-state index contributed by atoms with van der Waals surface area (Å²) in [5.74, 6) is 1.84. The molecule has 1 N–H and O–H groups in total. The van der Waals surface area contributed by atoms with Gasteiger partial charge >= 0.3 is 0 Å². The van der Waals surface area contributed by atoms with E-state index in [1.165, 1.54) is 19.3 Å². The van der Waals surface area contributed by atoms with Crippen LogP contribution in [0.2, 0.25) is 0 Å². The van der Waals surface area contributed by atoms with Gasteiger partial charge in [-0.25, -0.2) is 0 Å². The Balaban J connectivity index is 2.06. The molecule has 1 heterocycles. The Labute approximate surface area is 127 Å². The smallest absolute Gasteiger partial charge is 0.231 e. The highest BCUT2D eigenvalue weighted by atomic mass is 16.5. The molecule has 0 aliphatic heterocycles. The molecule has 3 atom stereocenters. The van der Waals surface area contributed by atoms with Crippen LogP contribution in [0.3, 0.4) is 0 Å². The summed E-state index contributed by atoms with van der Waals surface area (Å²) >= 11 is 0. The van der Waals surface area contributed by atoms with Gasteiger partial charge in [-0.15, -0.1) is 0 Å². The zero-order valence-electron chi connectivity index (χ0n) is 13.6. The molecule has 1 aliphatic rings. The van der Waals surface area contributed by atoms with E-state index in [4.69, 9.17) is 9.26 Å². The standard InChI is InChI=1S/C16H29N3O2/c1-4-8-14(20-3)15-18-16(21-19-15)12-9-6-7-10-13(12)17-11-5-2/h12-14,17H,4-11H2,1-3H3. The van der Waals surface area contributed by atoms with Crippen molar-refractivity contribution < 1.29 is 9.26 Å². The van der Waals surface area contributed by atoms with Gasteiger partial charge in [0.2, 0.25) is 11.7 Å². The van der Waals surface area contributed by atoms with Crippen LogP contribution >= 0.6 is 0 Å². The van der Waals surface area contributed by atoms with E-state index < -0.39 is 0 Å². The van der Waals surface area contributed by atoms with Crippen molar-refractivity contribution in [1.82, 2.24) is 15.5 Å². The van der Waals surface area contributed by atoms with E-state index in [2.05, 4.69) is 29.3 Å². The van der Waals surface area contributed by atoms with Crippen LogP contribution in [-0.2, 0) is 4.74 Å². The summed E-state index contributed by atoms with van der Waals surface area (Å²) in [6.45, 7) is 5.39. The van der Waals surface area contributed by atoms with Gasteiger partial charge in [0.25, 0.3) is 0 Å². The first kappa shape index (κ1) is 16.4. The van der Waals surface area contributed by atoms with Crippen LogP contribution < -0.4 is 5.32 Å². The quantitative estimate of drug-likeness (QED) is 0.794. The van der Waals surface area contributed by atoms with Crippen LogP contribution in [0.15, 0.2) is 4.52 Å². The van der Waals surface area contributed by atoms with Gasteiger partial charge in [0.1, 0.15) is 6.10 Å². The molecule has 1 fully saturated rings. The van der Waals surface area contributed by atoms with Gasteiger partial charge in [-0.1, -0.05) is 38.3 Å². The molecule has 21 heavy (non-hydrogen) atoms. The fourth-order valence-corrected chi connectivity index (χ4v) is 3.14. The molecule has 120 valence electrons. The third-order valence-electron chi connectivity index (χ3n) is 4.32. The van der Waals surface area contributed by atoms with E-state index >= 15 is 0 Å². The molecule has 5 heteroatoms. The predicted molar refractivity (Wildman–Crippen MR) is 82.2 cm³/mol.